The van der Waals surface area contributed by atoms with E-state index < -0.39 is 29.6 Å². The Bertz CT molecular complexity index is 752. The Balaban J connectivity index is 1.76. The van der Waals surface area contributed by atoms with Gasteiger partial charge in [-0.1, -0.05) is 30.3 Å². The van der Waals surface area contributed by atoms with Gasteiger partial charge < -0.3 is 15.2 Å². The highest BCUT2D eigenvalue weighted by Gasteiger charge is 2.20. The highest BCUT2D eigenvalue weighted by Crippen LogP contribution is 2.17. The van der Waals surface area contributed by atoms with Crippen LogP contribution in [0.25, 0.3) is 0 Å². The predicted octanol–water partition coefficient (Wildman–Crippen LogP) is 2.94. The number of carbonyl (C=O) groups excluding carboxylic acids is 1. The van der Waals surface area contributed by atoms with Crippen LogP contribution in [0, 0.1) is 11.6 Å². The minimum Gasteiger partial charge on any atom is -0.491 e. The van der Waals surface area contributed by atoms with Crippen molar-refractivity contribution < 1.29 is 28.2 Å². The number of hydrogen-bond acceptors (Lipinski definition) is 3. The maximum absolute atomic E-state index is 13.4. The van der Waals surface area contributed by atoms with Gasteiger partial charge in [0, 0.05) is 18.9 Å². The number of ether oxygens (including phenoxy) is 1. The molecule has 7 heteroatoms. The Hall–Kier alpha value is -2.96. The van der Waals surface area contributed by atoms with E-state index in [9.17, 15) is 23.5 Å². The molecule has 0 heterocycles. The number of amides is 1. The molecule has 138 valence electrons. The molecule has 2 aromatic rings. The molecule has 0 spiro atoms. The molecule has 5 nitrogen and oxygen atoms in total. The molecule has 0 saturated carbocycles. The van der Waals surface area contributed by atoms with Crippen LogP contribution in [0.2, 0.25) is 0 Å². The van der Waals surface area contributed by atoms with Crippen molar-refractivity contribution >= 4 is 11.9 Å². The molecule has 0 radical (unpaired) electrons. The molecule has 2 aromatic carbocycles. The van der Waals surface area contributed by atoms with Gasteiger partial charge >= 0.3 is 5.97 Å². The molecule has 0 aliphatic rings. The van der Waals surface area contributed by atoms with Gasteiger partial charge in [0.15, 0.2) is 11.6 Å². The van der Waals surface area contributed by atoms with E-state index in [-0.39, 0.29) is 31.6 Å². The molecule has 0 aliphatic heterocycles. The van der Waals surface area contributed by atoms with Crippen LogP contribution in [0.3, 0.4) is 0 Å². The van der Waals surface area contributed by atoms with E-state index in [2.05, 4.69) is 5.32 Å². The van der Waals surface area contributed by atoms with E-state index in [1.165, 1.54) is 6.07 Å². The summed E-state index contributed by atoms with van der Waals surface area (Å²) in [5.74, 6) is -3.17. The van der Waals surface area contributed by atoms with Crippen LogP contribution < -0.4 is 10.1 Å². The van der Waals surface area contributed by atoms with Gasteiger partial charge in [0.1, 0.15) is 11.9 Å². The Labute approximate surface area is 149 Å². The SMILES string of the molecule is O=C(CCCOc1ccc(F)cc1F)NC(Cc1ccccc1)C(=O)O. The molecule has 26 heavy (non-hydrogen) atoms. The number of carboxylic acid groups (broad SMARTS) is 1. The predicted molar refractivity (Wildman–Crippen MR) is 90.8 cm³/mol. The second-order valence-corrected chi connectivity index (χ2v) is 5.67. The van der Waals surface area contributed by atoms with Crippen molar-refractivity contribution in [2.24, 2.45) is 0 Å². The summed E-state index contributed by atoms with van der Waals surface area (Å²) >= 11 is 0. The number of rotatable bonds is 9. The number of carbonyl (C=O) groups is 2. The maximum atomic E-state index is 13.4. The Kier molecular flexibility index (Phi) is 7.08. The van der Waals surface area contributed by atoms with Gasteiger partial charge in [-0.2, -0.15) is 0 Å². The first-order chi connectivity index (χ1) is 12.5. The number of carboxylic acids is 1. The molecule has 2 rings (SSSR count). The number of nitrogens with one attached hydrogen (secondary N) is 1. The summed E-state index contributed by atoms with van der Waals surface area (Å²) < 4.78 is 31.3. The second-order valence-electron chi connectivity index (χ2n) is 5.67. The fraction of sp³-hybridized carbons (Fsp3) is 0.263. The van der Waals surface area contributed by atoms with Gasteiger partial charge in [-0.25, -0.2) is 13.6 Å². The van der Waals surface area contributed by atoms with Crippen molar-refractivity contribution in [3.05, 3.63) is 65.7 Å². The zero-order chi connectivity index (χ0) is 18.9. The lowest BCUT2D eigenvalue weighted by Gasteiger charge is -2.15. The van der Waals surface area contributed by atoms with Crippen LogP contribution in [0.4, 0.5) is 8.78 Å². The minimum absolute atomic E-state index is 0.0292. The van der Waals surface area contributed by atoms with Crippen LogP contribution in [0.15, 0.2) is 48.5 Å². The summed E-state index contributed by atoms with van der Waals surface area (Å²) in [5, 5.41) is 11.7. The van der Waals surface area contributed by atoms with Crippen molar-refractivity contribution in [3.8, 4) is 5.75 Å². The topological polar surface area (TPSA) is 75.6 Å². The Morgan fingerprint density at radius 1 is 1.12 bits per heavy atom. The van der Waals surface area contributed by atoms with E-state index in [1.54, 1.807) is 24.3 Å². The van der Waals surface area contributed by atoms with Gasteiger partial charge in [0.2, 0.25) is 5.91 Å². The van der Waals surface area contributed by atoms with Crippen molar-refractivity contribution in [1.29, 1.82) is 0 Å². The monoisotopic (exact) mass is 363 g/mol. The molecule has 2 N–H and O–H groups in total. The fourth-order valence-corrected chi connectivity index (χ4v) is 2.32. The Morgan fingerprint density at radius 2 is 1.85 bits per heavy atom. The van der Waals surface area contributed by atoms with Crippen LogP contribution in [-0.4, -0.2) is 29.6 Å². The summed E-state index contributed by atoms with van der Waals surface area (Å²) in [4.78, 5) is 23.2. The largest absolute Gasteiger partial charge is 0.491 e. The highest BCUT2D eigenvalue weighted by atomic mass is 19.1. The van der Waals surface area contributed by atoms with Crippen LogP contribution in [0.5, 0.6) is 5.75 Å². The average Bonchev–Trinajstić information content (AvgIpc) is 2.60. The summed E-state index contributed by atoms with van der Waals surface area (Å²) in [6, 6.07) is 10.9. The van der Waals surface area contributed by atoms with Crippen molar-refractivity contribution in [1.82, 2.24) is 5.32 Å². The van der Waals surface area contributed by atoms with Crippen molar-refractivity contribution in [2.75, 3.05) is 6.61 Å². The Morgan fingerprint density at radius 3 is 2.50 bits per heavy atom. The van der Waals surface area contributed by atoms with Crippen molar-refractivity contribution in [3.63, 3.8) is 0 Å². The molecule has 0 aliphatic carbocycles. The highest BCUT2D eigenvalue weighted by molar-refractivity contribution is 5.83. The van der Waals surface area contributed by atoms with Gasteiger partial charge in [0.05, 0.1) is 6.61 Å². The zero-order valence-corrected chi connectivity index (χ0v) is 14.0. The van der Waals surface area contributed by atoms with E-state index in [0.717, 1.165) is 11.6 Å². The number of aliphatic carboxylic acids is 1. The van der Waals surface area contributed by atoms with Gasteiger partial charge in [-0.15, -0.1) is 0 Å². The summed E-state index contributed by atoms with van der Waals surface area (Å²) in [5.41, 5.74) is 0.801. The molecule has 1 atom stereocenters. The lowest BCUT2D eigenvalue weighted by Crippen LogP contribution is -2.42. The second kappa shape index (κ2) is 9.50. The lowest BCUT2D eigenvalue weighted by atomic mass is 10.1. The summed E-state index contributed by atoms with van der Waals surface area (Å²) in [7, 11) is 0. The van der Waals surface area contributed by atoms with Crippen LogP contribution in [-0.2, 0) is 16.0 Å². The standard InChI is InChI=1S/C19H19F2NO4/c20-14-8-9-17(15(21)12-14)26-10-4-7-18(23)22-16(19(24)25)11-13-5-2-1-3-6-13/h1-3,5-6,8-9,12,16H,4,7,10-11H2,(H,22,23)(H,24,25). The zero-order valence-electron chi connectivity index (χ0n) is 14.0. The lowest BCUT2D eigenvalue weighted by molar-refractivity contribution is -0.141. The third kappa shape index (κ3) is 6.16. The van der Waals surface area contributed by atoms with Gasteiger partial charge in [-0.05, 0) is 24.1 Å². The molecule has 1 amide bonds. The summed E-state index contributed by atoms with van der Waals surface area (Å²) in [6.07, 6.45) is 0.473. The maximum Gasteiger partial charge on any atom is 0.326 e. The molecule has 0 bridgehead atoms. The summed E-state index contributed by atoms with van der Waals surface area (Å²) in [6.45, 7) is 0.0480. The molecule has 1 unspecified atom stereocenters. The van der Waals surface area contributed by atoms with Crippen LogP contribution >= 0.6 is 0 Å². The normalized spacial score (nSPS) is 11.6. The minimum atomic E-state index is -1.12. The van der Waals surface area contributed by atoms with E-state index in [4.69, 9.17) is 4.74 Å². The van der Waals surface area contributed by atoms with Crippen molar-refractivity contribution in [2.45, 2.75) is 25.3 Å². The van der Waals surface area contributed by atoms with E-state index in [0.29, 0.717) is 6.07 Å². The van der Waals surface area contributed by atoms with Gasteiger partial charge in [0.25, 0.3) is 0 Å². The number of benzene rings is 2. The van der Waals surface area contributed by atoms with Gasteiger partial charge in [-0.3, -0.25) is 4.79 Å². The molecule has 0 aromatic heterocycles. The number of halogens is 2. The first kappa shape index (κ1) is 19.4. The first-order valence-electron chi connectivity index (χ1n) is 8.09. The molecular weight excluding hydrogens is 344 g/mol. The molecule has 0 fully saturated rings. The first-order valence-corrected chi connectivity index (χ1v) is 8.09. The van der Waals surface area contributed by atoms with E-state index in [1.807, 2.05) is 6.07 Å². The number of hydrogen-bond donors (Lipinski definition) is 2. The third-order valence-corrected chi connectivity index (χ3v) is 3.62. The van der Waals surface area contributed by atoms with E-state index >= 15 is 0 Å². The quantitative estimate of drug-likeness (QED) is 0.672. The molecule has 0 saturated heterocycles. The van der Waals surface area contributed by atoms with Crippen LogP contribution in [0.1, 0.15) is 18.4 Å². The fourth-order valence-electron chi connectivity index (χ4n) is 2.32. The third-order valence-electron chi connectivity index (χ3n) is 3.62. The smallest absolute Gasteiger partial charge is 0.326 e. The average molecular weight is 363 g/mol. The molecular formula is C19H19F2NO4.